The lowest BCUT2D eigenvalue weighted by Crippen LogP contribution is -2.49. The smallest absolute Gasteiger partial charge is 0.241 e. The lowest BCUT2D eigenvalue weighted by atomic mass is 10.1. The van der Waals surface area contributed by atoms with E-state index in [4.69, 9.17) is 9.47 Å². The largest absolute Gasteiger partial charge is 0.454 e. The van der Waals surface area contributed by atoms with Crippen molar-refractivity contribution in [3.63, 3.8) is 0 Å². The lowest BCUT2D eigenvalue weighted by molar-refractivity contribution is -0.125. The summed E-state index contributed by atoms with van der Waals surface area (Å²) in [5, 5.41) is 5.70. The fourth-order valence-corrected chi connectivity index (χ4v) is 2.24. The van der Waals surface area contributed by atoms with Crippen LogP contribution in [0.15, 0.2) is 18.2 Å². The van der Waals surface area contributed by atoms with E-state index in [1.54, 1.807) is 37.1 Å². The summed E-state index contributed by atoms with van der Waals surface area (Å²) in [6.07, 6.45) is 0. The van der Waals surface area contributed by atoms with Crippen LogP contribution >= 0.6 is 0 Å². The molecule has 0 bridgehead atoms. The maximum atomic E-state index is 12.4. The lowest BCUT2D eigenvalue weighted by Gasteiger charge is -2.26. The number of benzene rings is 1. The van der Waals surface area contributed by atoms with Gasteiger partial charge in [-0.1, -0.05) is 0 Å². The first-order chi connectivity index (χ1) is 11.2. The van der Waals surface area contributed by atoms with Gasteiger partial charge in [-0.15, -0.1) is 0 Å². The van der Waals surface area contributed by atoms with Gasteiger partial charge in [0.2, 0.25) is 18.6 Å². The summed E-state index contributed by atoms with van der Waals surface area (Å²) < 4.78 is 10.5. The van der Waals surface area contributed by atoms with E-state index in [-0.39, 0.29) is 30.7 Å². The second-order valence-electron chi connectivity index (χ2n) is 6.95. The Labute approximate surface area is 142 Å². The molecule has 0 fully saturated rings. The second-order valence-corrected chi connectivity index (χ2v) is 6.95. The maximum absolute atomic E-state index is 12.4. The third-order valence-electron chi connectivity index (χ3n) is 3.59. The normalized spacial score (nSPS) is 14.4. The van der Waals surface area contributed by atoms with Crippen molar-refractivity contribution in [3.8, 4) is 11.5 Å². The van der Waals surface area contributed by atoms with Crippen molar-refractivity contribution in [1.82, 2.24) is 10.2 Å². The zero-order valence-electron chi connectivity index (χ0n) is 14.8. The van der Waals surface area contributed by atoms with E-state index in [0.29, 0.717) is 17.2 Å². The van der Waals surface area contributed by atoms with Gasteiger partial charge in [0.05, 0.1) is 12.6 Å². The van der Waals surface area contributed by atoms with Crippen molar-refractivity contribution in [2.75, 3.05) is 25.7 Å². The number of likely N-dealkylation sites (N-methyl/N-ethyl adjacent to an activating group) is 1. The molecule has 0 spiro atoms. The summed E-state index contributed by atoms with van der Waals surface area (Å²) in [6, 6.07) is 4.77. The van der Waals surface area contributed by atoms with Crippen LogP contribution in [-0.2, 0) is 9.59 Å². The van der Waals surface area contributed by atoms with E-state index in [0.717, 1.165) is 0 Å². The van der Waals surface area contributed by atoms with E-state index >= 15 is 0 Å². The van der Waals surface area contributed by atoms with Crippen LogP contribution in [0.5, 0.6) is 11.5 Å². The molecule has 7 nitrogen and oxygen atoms in total. The van der Waals surface area contributed by atoms with Crippen LogP contribution in [0.25, 0.3) is 0 Å². The van der Waals surface area contributed by atoms with Gasteiger partial charge < -0.3 is 20.1 Å². The van der Waals surface area contributed by atoms with Crippen LogP contribution in [0.4, 0.5) is 5.69 Å². The van der Waals surface area contributed by atoms with Gasteiger partial charge in [0, 0.05) is 17.3 Å². The zero-order chi connectivity index (χ0) is 17.9. The highest BCUT2D eigenvalue weighted by Gasteiger charge is 2.23. The number of hydrogen-bond donors (Lipinski definition) is 2. The van der Waals surface area contributed by atoms with Crippen molar-refractivity contribution < 1.29 is 19.1 Å². The van der Waals surface area contributed by atoms with Crippen LogP contribution in [0.3, 0.4) is 0 Å². The molecular weight excluding hydrogens is 310 g/mol. The predicted molar refractivity (Wildman–Crippen MR) is 91.2 cm³/mol. The first-order valence-corrected chi connectivity index (χ1v) is 7.87. The SMILES string of the molecule is C[C@@H](C(=O)Nc1ccc2c(c1)OCO2)N(C)CC(=O)NC(C)(C)C. The molecule has 7 heteroatoms. The summed E-state index contributed by atoms with van der Waals surface area (Å²) in [6.45, 7) is 7.84. The number of amides is 2. The molecule has 0 radical (unpaired) electrons. The van der Waals surface area contributed by atoms with Crippen molar-refractivity contribution in [2.24, 2.45) is 0 Å². The summed E-state index contributed by atoms with van der Waals surface area (Å²) in [4.78, 5) is 26.0. The molecule has 2 amide bonds. The zero-order valence-corrected chi connectivity index (χ0v) is 14.8. The molecule has 1 aliphatic rings. The topological polar surface area (TPSA) is 79.9 Å². The quantitative estimate of drug-likeness (QED) is 0.854. The minimum Gasteiger partial charge on any atom is -0.454 e. The standard InChI is InChI=1S/C17H25N3O4/c1-11(20(5)9-15(21)19-17(2,3)4)16(22)18-12-6-7-13-14(8-12)24-10-23-13/h6-8,11H,9-10H2,1-5H3,(H,18,22)(H,19,21)/t11-/m0/s1. The van der Waals surface area contributed by atoms with Crippen LogP contribution in [0, 0.1) is 0 Å². The molecule has 0 unspecified atom stereocenters. The molecule has 0 saturated carbocycles. The Morgan fingerprint density at radius 2 is 1.92 bits per heavy atom. The highest BCUT2D eigenvalue weighted by Crippen LogP contribution is 2.34. The summed E-state index contributed by atoms with van der Waals surface area (Å²) in [7, 11) is 1.74. The van der Waals surface area contributed by atoms with Crippen molar-refractivity contribution in [3.05, 3.63) is 18.2 Å². The van der Waals surface area contributed by atoms with Gasteiger partial charge in [0.25, 0.3) is 0 Å². The van der Waals surface area contributed by atoms with Crippen molar-refractivity contribution >= 4 is 17.5 Å². The molecule has 2 N–H and O–H groups in total. The Morgan fingerprint density at radius 1 is 1.25 bits per heavy atom. The molecule has 1 aromatic rings. The molecule has 1 aliphatic heterocycles. The second kappa shape index (κ2) is 7.09. The molecule has 1 aromatic carbocycles. The van der Waals surface area contributed by atoms with Crippen LogP contribution in [-0.4, -0.2) is 48.7 Å². The minimum atomic E-state index is -0.457. The van der Waals surface area contributed by atoms with E-state index in [1.807, 2.05) is 20.8 Å². The number of ether oxygens (including phenoxy) is 2. The number of nitrogens with zero attached hydrogens (tertiary/aromatic N) is 1. The summed E-state index contributed by atoms with van der Waals surface area (Å²) >= 11 is 0. The van der Waals surface area contributed by atoms with Crippen LogP contribution in [0.1, 0.15) is 27.7 Å². The van der Waals surface area contributed by atoms with Crippen molar-refractivity contribution in [2.45, 2.75) is 39.3 Å². The Bertz CT molecular complexity index is 625. The highest BCUT2D eigenvalue weighted by molar-refractivity contribution is 5.95. The fourth-order valence-electron chi connectivity index (χ4n) is 2.24. The van der Waals surface area contributed by atoms with Gasteiger partial charge in [-0.05, 0) is 46.9 Å². The van der Waals surface area contributed by atoms with Gasteiger partial charge in [0.15, 0.2) is 11.5 Å². The Morgan fingerprint density at radius 3 is 2.58 bits per heavy atom. The maximum Gasteiger partial charge on any atom is 0.241 e. The molecular formula is C17H25N3O4. The monoisotopic (exact) mass is 335 g/mol. The number of nitrogens with one attached hydrogen (secondary N) is 2. The number of anilines is 1. The van der Waals surface area contributed by atoms with Gasteiger partial charge in [-0.3, -0.25) is 14.5 Å². The summed E-state index contributed by atoms with van der Waals surface area (Å²) in [5.41, 5.74) is 0.333. The molecule has 1 heterocycles. The van der Waals surface area contributed by atoms with Gasteiger partial charge in [-0.2, -0.15) is 0 Å². The van der Waals surface area contributed by atoms with E-state index < -0.39 is 6.04 Å². The molecule has 0 aromatic heterocycles. The van der Waals surface area contributed by atoms with Gasteiger partial charge in [0.1, 0.15) is 0 Å². The molecule has 0 saturated heterocycles. The number of carbonyl (C=O) groups excluding carboxylic acids is 2. The van der Waals surface area contributed by atoms with Gasteiger partial charge >= 0.3 is 0 Å². The van der Waals surface area contributed by atoms with Crippen LogP contribution < -0.4 is 20.1 Å². The first-order valence-electron chi connectivity index (χ1n) is 7.87. The third-order valence-corrected chi connectivity index (χ3v) is 3.59. The third kappa shape index (κ3) is 4.86. The van der Waals surface area contributed by atoms with E-state index in [9.17, 15) is 9.59 Å². The Balaban J connectivity index is 1.90. The first kappa shape index (κ1) is 18.1. The van der Waals surface area contributed by atoms with E-state index in [2.05, 4.69) is 10.6 Å². The molecule has 132 valence electrons. The average Bonchev–Trinajstić information content (AvgIpc) is 2.91. The number of carbonyl (C=O) groups is 2. The minimum absolute atomic E-state index is 0.118. The van der Waals surface area contributed by atoms with Crippen LogP contribution in [0.2, 0.25) is 0 Å². The number of hydrogen-bond acceptors (Lipinski definition) is 5. The molecule has 2 rings (SSSR count). The predicted octanol–water partition coefficient (Wildman–Crippen LogP) is 1.59. The fraction of sp³-hybridized carbons (Fsp3) is 0.529. The molecule has 0 aliphatic carbocycles. The number of fused-ring (bicyclic) bond motifs is 1. The summed E-state index contributed by atoms with van der Waals surface area (Å²) in [5.74, 6) is 0.961. The number of rotatable bonds is 5. The average molecular weight is 335 g/mol. The Kier molecular flexibility index (Phi) is 5.33. The van der Waals surface area contributed by atoms with E-state index in [1.165, 1.54) is 0 Å². The van der Waals surface area contributed by atoms with Gasteiger partial charge in [-0.25, -0.2) is 0 Å². The molecule has 24 heavy (non-hydrogen) atoms. The van der Waals surface area contributed by atoms with Crippen molar-refractivity contribution in [1.29, 1.82) is 0 Å². The Hall–Kier alpha value is -2.28. The highest BCUT2D eigenvalue weighted by atomic mass is 16.7. The molecule has 1 atom stereocenters.